The summed E-state index contributed by atoms with van der Waals surface area (Å²) in [5.74, 6) is 4.00. The Labute approximate surface area is 310 Å². The van der Waals surface area contributed by atoms with E-state index in [2.05, 4.69) is 156 Å². The Hall–Kier alpha value is -5.80. The monoisotopic (exact) mass is 681 g/mol. The third-order valence-corrected chi connectivity index (χ3v) is 13.6. The topological polar surface area (TPSA) is 30.7 Å². The number of hydrogen-bond donors (Lipinski definition) is 0. The quantitative estimate of drug-likeness (QED) is 0.185. The summed E-state index contributed by atoms with van der Waals surface area (Å²) in [5.41, 5.74) is 14.9. The third-order valence-electron chi connectivity index (χ3n) is 13.6. The summed E-state index contributed by atoms with van der Waals surface area (Å²) < 4.78 is 2.34. The van der Waals surface area contributed by atoms with E-state index in [-0.39, 0.29) is 5.41 Å². The highest BCUT2D eigenvalue weighted by Gasteiger charge is 2.61. The zero-order valence-corrected chi connectivity index (χ0v) is 29.6. The predicted molar refractivity (Wildman–Crippen MR) is 216 cm³/mol. The van der Waals surface area contributed by atoms with Crippen molar-refractivity contribution in [2.45, 2.75) is 37.5 Å². The molecule has 2 heterocycles. The number of fused-ring (bicyclic) bond motifs is 6. The molecule has 4 bridgehead atoms. The normalized spacial score (nSPS) is 23.5. The number of rotatable bonds is 4. The molecule has 1 spiro atoms. The van der Waals surface area contributed by atoms with Crippen LogP contribution in [0.2, 0.25) is 0 Å². The van der Waals surface area contributed by atoms with Crippen LogP contribution in [0.4, 0.5) is 0 Å². The largest absolute Gasteiger partial charge is 0.278 e. The van der Waals surface area contributed by atoms with E-state index in [9.17, 15) is 0 Å². The van der Waals surface area contributed by atoms with E-state index < -0.39 is 0 Å². The van der Waals surface area contributed by atoms with Crippen molar-refractivity contribution < 1.29 is 0 Å². The van der Waals surface area contributed by atoms with Gasteiger partial charge >= 0.3 is 0 Å². The van der Waals surface area contributed by atoms with Gasteiger partial charge < -0.3 is 0 Å². The molecule has 5 aliphatic carbocycles. The zero-order chi connectivity index (χ0) is 34.7. The van der Waals surface area contributed by atoms with Crippen molar-refractivity contribution in [3.8, 4) is 50.7 Å². The second kappa shape index (κ2) is 11.1. The maximum atomic E-state index is 5.41. The molecule has 3 heteroatoms. The Bertz CT molecular complexity index is 2700. The Balaban J connectivity index is 1.10. The van der Waals surface area contributed by atoms with Crippen LogP contribution in [0.15, 0.2) is 152 Å². The van der Waals surface area contributed by atoms with Gasteiger partial charge in [-0.25, -0.2) is 9.97 Å². The van der Waals surface area contributed by atoms with Crippen molar-refractivity contribution in [1.29, 1.82) is 0 Å². The lowest BCUT2D eigenvalue weighted by Crippen LogP contribution is -2.55. The molecule has 0 N–H and O–H groups in total. The number of benzene rings is 6. The highest BCUT2D eigenvalue weighted by Crippen LogP contribution is 2.69. The highest BCUT2D eigenvalue weighted by molar-refractivity contribution is 6.11. The fourth-order valence-electron chi connectivity index (χ4n) is 11.7. The second-order valence-corrected chi connectivity index (χ2v) is 16.2. The van der Waals surface area contributed by atoms with Crippen LogP contribution in [0.1, 0.15) is 43.2 Å². The smallest absolute Gasteiger partial charge is 0.235 e. The Morgan fingerprint density at radius 3 is 1.72 bits per heavy atom. The lowest BCUT2D eigenvalue weighted by molar-refractivity contribution is -0.0399. The van der Waals surface area contributed by atoms with E-state index in [1.165, 1.54) is 70.6 Å². The van der Waals surface area contributed by atoms with Crippen LogP contribution in [0.3, 0.4) is 0 Å². The molecule has 2 aromatic heterocycles. The van der Waals surface area contributed by atoms with Crippen LogP contribution in [-0.2, 0) is 5.41 Å². The first-order chi connectivity index (χ1) is 26.2. The molecular formula is C50H39N3. The summed E-state index contributed by atoms with van der Waals surface area (Å²) in [6.07, 6.45) is 7.00. The molecule has 0 saturated heterocycles. The summed E-state index contributed by atoms with van der Waals surface area (Å²) in [7, 11) is 0. The van der Waals surface area contributed by atoms with Crippen molar-refractivity contribution >= 4 is 21.8 Å². The van der Waals surface area contributed by atoms with Crippen LogP contribution < -0.4 is 0 Å². The Morgan fingerprint density at radius 1 is 0.434 bits per heavy atom. The zero-order valence-electron chi connectivity index (χ0n) is 29.6. The van der Waals surface area contributed by atoms with Gasteiger partial charge in [0.2, 0.25) is 5.95 Å². The van der Waals surface area contributed by atoms with Crippen LogP contribution in [0, 0.1) is 23.7 Å². The standard InChI is InChI=1S/C50H39N3/c1-3-11-33(12-4-1)34-19-21-36(22-20-34)46-30-45(35-13-5-2-6-14-35)51-49(52-46)53-47-18-10-8-16-40(47)42-28-44-41(29-48(42)53)39-15-7-9-17-43(39)50(44)37-24-31-23-32(26-37)27-38(50)25-31/h1-22,28-32,37-38H,23-27H2. The maximum Gasteiger partial charge on any atom is 0.235 e. The molecule has 0 aliphatic heterocycles. The van der Waals surface area contributed by atoms with Crippen LogP contribution in [-0.4, -0.2) is 14.5 Å². The van der Waals surface area contributed by atoms with Gasteiger partial charge in [0.25, 0.3) is 0 Å². The summed E-state index contributed by atoms with van der Waals surface area (Å²) >= 11 is 0. The average Bonchev–Trinajstić information content (AvgIpc) is 3.69. The molecular weight excluding hydrogens is 643 g/mol. The van der Waals surface area contributed by atoms with Crippen LogP contribution in [0.25, 0.3) is 72.5 Å². The minimum atomic E-state index is 0.125. The molecule has 0 radical (unpaired) electrons. The Morgan fingerprint density at radius 2 is 1.00 bits per heavy atom. The summed E-state index contributed by atoms with van der Waals surface area (Å²) in [4.78, 5) is 10.8. The SMILES string of the molecule is c1ccc(-c2ccc(-c3cc(-c4ccccc4)nc(-n4c5ccccc5c5cc6c(cc54)-c4ccccc4C64C5CC6CC(C5)CC4C6)n3)cc2)cc1. The molecule has 0 amide bonds. The van der Waals surface area contributed by atoms with Gasteiger partial charge in [-0.05, 0) is 113 Å². The van der Waals surface area contributed by atoms with Gasteiger partial charge in [0.15, 0.2) is 0 Å². The summed E-state index contributed by atoms with van der Waals surface area (Å²) in [6, 6.07) is 55.5. The highest BCUT2D eigenvalue weighted by atomic mass is 15.2. The van der Waals surface area contributed by atoms with Crippen molar-refractivity contribution in [3.63, 3.8) is 0 Å². The fraction of sp³-hybridized carbons (Fsp3) is 0.200. The fourth-order valence-corrected chi connectivity index (χ4v) is 11.7. The van der Waals surface area contributed by atoms with Crippen molar-refractivity contribution in [3.05, 3.63) is 163 Å². The van der Waals surface area contributed by atoms with E-state index in [0.717, 1.165) is 51.7 Å². The molecule has 13 rings (SSSR count). The lowest BCUT2D eigenvalue weighted by Gasteiger charge is -2.61. The van der Waals surface area contributed by atoms with Crippen molar-refractivity contribution in [2.24, 2.45) is 23.7 Å². The van der Waals surface area contributed by atoms with E-state index in [1.807, 2.05) is 0 Å². The average molecular weight is 682 g/mol. The molecule has 4 saturated carbocycles. The molecule has 6 aromatic carbocycles. The van der Waals surface area contributed by atoms with Crippen molar-refractivity contribution in [2.75, 3.05) is 0 Å². The van der Waals surface area contributed by atoms with E-state index >= 15 is 0 Å². The molecule has 53 heavy (non-hydrogen) atoms. The third kappa shape index (κ3) is 4.22. The number of nitrogens with zero attached hydrogens (tertiary/aromatic N) is 3. The summed E-state index contributed by atoms with van der Waals surface area (Å²) in [5, 5.41) is 2.57. The molecule has 254 valence electrons. The molecule has 4 fully saturated rings. The predicted octanol–water partition coefficient (Wildman–Crippen LogP) is 12.3. The van der Waals surface area contributed by atoms with Gasteiger partial charge in [-0.1, -0.05) is 127 Å². The van der Waals surface area contributed by atoms with E-state index in [0.29, 0.717) is 5.95 Å². The van der Waals surface area contributed by atoms with Crippen molar-refractivity contribution in [1.82, 2.24) is 14.5 Å². The number of para-hydroxylation sites is 1. The summed E-state index contributed by atoms with van der Waals surface area (Å²) in [6.45, 7) is 0. The Kier molecular flexibility index (Phi) is 6.23. The maximum absolute atomic E-state index is 5.41. The van der Waals surface area contributed by atoms with Gasteiger partial charge in [-0.3, -0.25) is 4.57 Å². The van der Waals surface area contributed by atoms with Gasteiger partial charge in [-0.15, -0.1) is 0 Å². The molecule has 0 unspecified atom stereocenters. The second-order valence-electron chi connectivity index (χ2n) is 16.2. The number of aromatic nitrogens is 3. The minimum Gasteiger partial charge on any atom is -0.278 e. The minimum absolute atomic E-state index is 0.125. The first-order valence-corrected chi connectivity index (χ1v) is 19.5. The van der Waals surface area contributed by atoms with Gasteiger partial charge in [0, 0.05) is 27.3 Å². The molecule has 5 aliphatic rings. The first-order valence-electron chi connectivity index (χ1n) is 19.5. The number of hydrogen-bond acceptors (Lipinski definition) is 2. The van der Waals surface area contributed by atoms with Gasteiger partial charge in [0.05, 0.1) is 22.4 Å². The van der Waals surface area contributed by atoms with Crippen LogP contribution in [0.5, 0.6) is 0 Å². The van der Waals surface area contributed by atoms with Gasteiger partial charge in [0.1, 0.15) is 0 Å². The van der Waals surface area contributed by atoms with Crippen LogP contribution >= 0.6 is 0 Å². The lowest BCUT2D eigenvalue weighted by atomic mass is 9.43. The molecule has 3 nitrogen and oxygen atoms in total. The van der Waals surface area contributed by atoms with Gasteiger partial charge in [-0.2, -0.15) is 0 Å². The molecule has 8 aromatic rings. The molecule has 0 atom stereocenters. The first kappa shape index (κ1) is 29.7. The van der Waals surface area contributed by atoms with E-state index in [4.69, 9.17) is 9.97 Å². The van der Waals surface area contributed by atoms with E-state index in [1.54, 1.807) is 11.1 Å².